The molecule has 262 valence electrons. The van der Waals surface area contributed by atoms with Gasteiger partial charge in [-0.15, -0.1) is 11.3 Å². The summed E-state index contributed by atoms with van der Waals surface area (Å²) in [4.78, 5) is 15.6. The molecule has 8 aromatic carbocycles. The monoisotopic (exact) mass is 733 g/mol. The third kappa shape index (κ3) is 5.40. The van der Waals surface area contributed by atoms with Crippen LogP contribution in [0.5, 0.6) is 0 Å². The molecule has 0 fully saturated rings. The van der Waals surface area contributed by atoms with Gasteiger partial charge < -0.3 is 4.57 Å². The van der Waals surface area contributed by atoms with Crippen LogP contribution in [0.25, 0.3) is 104 Å². The Hall–Kier alpha value is -7.21. The molecule has 3 heterocycles. The summed E-state index contributed by atoms with van der Waals surface area (Å²) in [6.45, 7) is 0. The molecular weight excluding hydrogens is 701 g/mol. The van der Waals surface area contributed by atoms with Crippen molar-refractivity contribution in [3.8, 4) is 62.1 Å². The molecule has 0 unspecified atom stereocenters. The number of nitrogens with zero attached hydrogens (tertiary/aromatic N) is 4. The molecule has 0 radical (unpaired) electrons. The van der Waals surface area contributed by atoms with Gasteiger partial charge in [0.1, 0.15) is 0 Å². The molecule has 0 atom stereocenters. The number of fused-ring (bicyclic) bond motifs is 6. The first-order valence-corrected chi connectivity index (χ1v) is 19.5. The lowest BCUT2D eigenvalue weighted by Crippen LogP contribution is -2.04. The first-order valence-electron chi connectivity index (χ1n) is 19.2. The van der Waals surface area contributed by atoms with Gasteiger partial charge in [-0.1, -0.05) is 158 Å². The molecule has 4 nitrogen and oxygen atoms in total. The van der Waals surface area contributed by atoms with E-state index in [4.69, 9.17) is 16.3 Å². The largest absolute Gasteiger partial charge is 0.309 e. The van der Waals surface area contributed by atoms with Crippen molar-refractivity contribution >= 4 is 53.3 Å². The number of thiophene rings is 1. The van der Waals surface area contributed by atoms with Crippen LogP contribution in [0.3, 0.4) is 0 Å². The predicted molar refractivity (Wildman–Crippen MR) is 234 cm³/mol. The Bertz CT molecular complexity index is 3240. The third-order valence-corrected chi connectivity index (χ3v) is 11.8. The zero-order valence-corrected chi connectivity index (χ0v) is 30.9. The minimum atomic E-state index is 0.469. The van der Waals surface area contributed by atoms with Crippen molar-refractivity contribution in [2.45, 2.75) is 0 Å². The lowest BCUT2D eigenvalue weighted by atomic mass is 9.99. The number of hydrogen-bond donors (Lipinski definition) is 0. The fourth-order valence-corrected chi connectivity index (χ4v) is 9.20. The molecule has 3 aromatic heterocycles. The van der Waals surface area contributed by atoms with Crippen LogP contribution in [-0.4, -0.2) is 19.5 Å². The van der Waals surface area contributed by atoms with E-state index in [2.05, 4.69) is 114 Å². The number of para-hydroxylation sites is 1. The van der Waals surface area contributed by atoms with Crippen molar-refractivity contribution < 1.29 is 1.37 Å². The Labute approximate surface area is 329 Å². The van der Waals surface area contributed by atoms with Crippen LogP contribution in [0.1, 0.15) is 1.37 Å². The second kappa shape index (κ2) is 13.3. The minimum Gasteiger partial charge on any atom is -0.309 e. The molecular formula is C51H32N4S. The Morgan fingerprint density at radius 1 is 0.393 bits per heavy atom. The molecule has 11 rings (SSSR count). The molecule has 0 spiro atoms. The zero-order chi connectivity index (χ0) is 37.9. The molecule has 0 aliphatic heterocycles. The zero-order valence-electron chi connectivity index (χ0n) is 31.1. The molecule has 0 bridgehead atoms. The number of rotatable bonds is 6. The summed E-state index contributed by atoms with van der Waals surface area (Å²) >= 11 is 1.83. The van der Waals surface area contributed by atoms with Crippen LogP contribution in [0.15, 0.2) is 194 Å². The molecule has 0 saturated heterocycles. The maximum absolute atomic E-state index is 8.67. The topological polar surface area (TPSA) is 43.6 Å². The van der Waals surface area contributed by atoms with Gasteiger partial charge in [0, 0.05) is 47.6 Å². The summed E-state index contributed by atoms with van der Waals surface area (Å²) in [6.07, 6.45) is 0. The van der Waals surface area contributed by atoms with Crippen molar-refractivity contribution in [1.29, 1.82) is 0 Å². The van der Waals surface area contributed by atoms with E-state index in [9.17, 15) is 0 Å². The van der Waals surface area contributed by atoms with Crippen LogP contribution in [-0.2, 0) is 0 Å². The van der Waals surface area contributed by atoms with Crippen LogP contribution in [0, 0.1) is 0 Å². The summed E-state index contributed by atoms with van der Waals surface area (Å²) in [5, 5.41) is 4.61. The second-order valence-corrected chi connectivity index (χ2v) is 15.0. The fraction of sp³-hybridized carbons (Fsp3) is 0. The highest BCUT2D eigenvalue weighted by molar-refractivity contribution is 7.26. The number of benzene rings is 8. The van der Waals surface area contributed by atoms with Gasteiger partial charge in [-0.05, 0) is 58.7 Å². The highest BCUT2D eigenvalue weighted by Crippen LogP contribution is 2.43. The van der Waals surface area contributed by atoms with Gasteiger partial charge in [0.05, 0.1) is 18.1 Å². The van der Waals surface area contributed by atoms with E-state index in [0.717, 1.165) is 66.4 Å². The van der Waals surface area contributed by atoms with E-state index >= 15 is 0 Å². The lowest BCUT2D eigenvalue weighted by molar-refractivity contribution is 1.06. The van der Waals surface area contributed by atoms with Gasteiger partial charge in [-0.25, -0.2) is 15.0 Å². The van der Waals surface area contributed by atoms with Crippen molar-refractivity contribution in [2.75, 3.05) is 0 Å². The van der Waals surface area contributed by atoms with Gasteiger partial charge in [0.25, 0.3) is 0 Å². The molecule has 56 heavy (non-hydrogen) atoms. The molecule has 0 aliphatic carbocycles. The lowest BCUT2D eigenvalue weighted by Gasteiger charge is -2.16. The number of aromatic nitrogens is 4. The average Bonchev–Trinajstić information content (AvgIpc) is 3.82. The normalized spacial score (nSPS) is 11.8. The first kappa shape index (κ1) is 31.2. The van der Waals surface area contributed by atoms with E-state index in [1.807, 2.05) is 90.2 Å². The SMILES string of the molecule is [2H]c1ccc2c(c1)c1cc(-c3ccccc3)ccc1n2-c1ccc(-c2cccc3c2sc2ccccc23)cc1-c1nc(-c2ccccc2)nc(-c2ccccc2)n1. The Balaban J connectivity index is 1.22. The van der Waals surface area contributed by atoms with Crippen molar-refractivity contribution in [3.05, 3.63) is 194 Å². The average molecular weight is 734 g/mol. The van der Waals surface area contributed by atoms with Gasteiger partial charge in [-0.3, -0.25) is 0 Å². The standard InChI is InChI=1S/C51H32N4S/c1-4-15-33(16-5-1)36-27-29-45-42(31-36)39-21-10-12-25-44(39)55(45)46-30-28-37(38-23-14-24-41-40-22-11-13-26-47(40)56-48(38)41)32-43(46)51-53-49(34-17-6-2-7-18-34)52-50(54-51)35-19-8-3-9-20-35/h1-32H/i10D. The maximum atomic E-state index is 8.67. The Kier molecular flexibility index (Phi) is 7.39. The smallest absolute Gasteiger partial charge is 0.166 e. The van der Waals surface area contributed by atoms with Gasteiger partial charge >= 0.3 is 0 Å². The van der Waals surface area contributed by atoms with Crippen molar-refractivity contribution in [3.63, 3.8) is 0 Å². The highest BCUT2D eigenvalue weighted by atomic mass is 32.1. The quantitative estimate of drug-likeness (QED) is 0.171. The van der Waals surface area contributed by atoms with E-state index in [1.54, 1.807) is 0 Å². The fourth-order valence-electron chi connectivity index (χ4n) is 7.96. The van der Waals surface area contributed by atoms with E-state index < -0.39 is 0 Å². The Morgan fingerprint density at radius 2 is 1.02 bits per heavy atom. The summed E-state index contributed by atoms with van der Waals surface area (Å²) in [7, 11) is 0. The molecule has 0 aliphatic rings. The molecule has 0 N–H and O–H groups in total. The summed E-state index contributed by atoms with van der Waals surface area (Å²) in [6, 6.07) is 65.7. The van der Waals surface area contributed by atoms with Crippen LogP contribution in [0.2, 0.25) is 0 Å². The summed E-state index contributed by atoms with van der Waals surface area (Å²) < 4.78 is 13.5. The molecule has 5 heteroatoms. The van der Waals surface area contributed by atoms with Gasteiger partial charge in [0.15, 0.2) is 17.5 Å². The minimum absolute atomic E-state index is 0.469. The third-order valence-electron chi connectivity index (χ3n) is 10.6. The van der Waals surface area contributed by atoms with Gasteiger partial charge in [-0.2, -0.15) is 0 Å². The molecule has 0 saturated carbocycles. The van der Waals surface area contributed by atoms with E-state index in [-0.39, 0.29) is 0 Å². The summed E-state index contributed by atoms with van der Waals surface area (Å²) in [5.74, 6) is 1.79. The Morgan fingerprint density at radius 3 is 1.77 bits per heavy atom. The summed E-state index contributed by atoms with van der Waals surface area (Å²) in [5.41, 5.74) is 10.2. The van der Waals surface area contributed by atoms with Crippen molar-refractivity contribution in [2.24, 2.45) is 0 Å². The van der Waals surface area contributed by atoms with E-state index in [0.29, 0.717) is 23.5 Å². The van der Waals surface area contributed by atoms with E-state index in [1.165, 1.54) is 20.2 Å². The van der Waals surface area contributed by atoms with Crippen LogP contribution >= 0.6 is 11.3 Å². The predicted octanol–water partition coefficient (Wildman–Crippen LogP) is 13.7. The van der Waals surface area contributed by atoms with Crippen molar-refractivity contribution in [1.82, 2.24) is 19.5 Å². The van der Waals surface area contributed by atoms with Crippen LogP contribution in [0.4, 0.5) is 0 Å². The molecule has 0 amide bonds. The maximum Gasteiger partial charge on any atom is 0.166 e. The molecule has 11 aromatic rings. The first-order chi connectivity index (χ1) is 28.2. The second-order valence-electron chi connectivity index (χ2n) is 13.9. The van der Waals surface area contributed by atoms with Crippen LogP contribution < -0.4 is 0 Å². The number of hydrogen-bond acceptors (Lipinski definition) is 4. The highest BCUT2D eigenvalue weighted by Gasteiger charge is 2.21. The van der Waals surface area contributed by atoms with Gasteiger partial charge in [0.2, 0.25) is 0 Å².